The molecule has 1 aliphatic carbocycles. The van der Waals surface area contributed by atoms with Gasteiger partial charge >= 0.3 is 5.97 Å². The number of hydrogen-bond donors (Lipinski definition) is 3. The molecule has 0 aromatic rings. The molecule has 0 aromatic carbocycles. The van der Waals surface area contributed by atoms with Crippen LogP contribution in [0.4, 0.5) is 0 Å². The van der Waals surface area contributed by atoms with Crippen molar-refractivity contribution in [3.05, 3.63) is 12.2 Å². The van der Waals surface area contributed by atoms with Gasteiger partial charge in [0.15, 0.2) is 0 Å². The first kappa shape index (κ1) is 18.7. The molecule has 126 valence electrons. The number of aliphatic hydroxyl groups is 1. The largest absolute Gasteiger partial charge is 0.480 e. The Morgan fingerprint density at radius 2 is 1.95 bits per heavy atom. The fourth-order valence-corrected chi connectivity index (χ4v) is 3.06. The van der Waals surface area contributed by atoms with E-state index in [2.05, 4.69) is 5.32 Å². The van der Waals surface area contributed by atoms with Gasteiger partial charge in [0.2, 0.25) is 5.91 Å². The molecule has 1 fully saturated rings. The van der Waals surface area contributed by atoms with Crippen molar-refractivity contribution in [2.24, 2.45) is 17.8 Å². The predicted octanol–water partition coefficient (Wildman–Crippen LogP) is 2.35. The smallest absolute Gasteiger partial charge is 0.326 e. The number of carbonyl (C=O) groups is 2. The zero-order valence-corrected chi connectivity index (χ0v) is 13.8. The third-order valence-electron chi connectivity index (χ3n) is 4.71. The molecular formula is C17H29NO4. The van der Waals surface area contributed by atoms with Gasteiger partial charge in [-0.05, 0) is 37.5 Å². The summed E-state index contributed by atoms with van der Waals surface area (Å²) in [5.74, 6) is -1.77. The molecule has 0 bridgehead atoms. The minimum atomic E-state index is -0.997. The highest BCUT2D eigenvalue weighted by molar-refractivity contribution is 5.85. The van der Waals surface area contributed by atoms with Crippen LogP contribution in [0.25, 0.3) is 0 Å². The molecule has 0 unspecified atom stereocenters. The Kier molecular flexibility index (Phi) is 7.59. The van der Waals surface area contributed by atoms with Crippen molar-refractivity contribution in [1.82, 2.24) is 5.32 Å². The highest BCUT2D eigenvalue weighted by Crippen LogP contribution is 2.35. The van der Waals surface area contributed by atoms with Gasteiger partial charge in [0.25, 0.3) is 0 Å². The zero-order valence-electron chi connectivity index (χ0n) is 13.8. The minimum absolute atomic E-state index is 0.117. The number of nitrogens with one attached hydrogen (secondary N) is 1. The number of carbonyl (C=O) groups excluding carboxylic acids is 1. The number of aliphatic hydroxyl groups excluding tert-OH is 1. The molecule has 5 heteroatoms. The molecule has 0 aromatic heterocycles. The van der Waals surface area contributed by atoms with Crippen LogP contribution in [-0.4, -0.2) is 34.2 Å². The van der Waals surface area contributed by atoms with E-state index < -0.39 is 18.1 Å². The Morgan fingerprint density at radius 1 is 1.27 bits per heavy atom. The lowest BCUT2D eigenvalue weighted by atomic mass is 9.89. The molecule has 5 atom stereocenters. The van der Waals surface area contributed by atoms with Crippen LogP contribution in [0, 0.1) is 17.8 Å². The van der Waals surface area contributed by atoms with E-state index in [4.69, 9.17) is 0 Å². The summed E-state index contributed by atoms with van der Waals surface area (Å²) in [6, 6.07) is -0.859. The van der Waals surface area contributed by atoms with Gasteiger partial charge < -0.3 is 15.5 Å². The minimum Gasteiger partial charge on any atom is -0.480 e. The lowest BCUT2D eigenvalue weighted by Gasteiger charge is -2.25. The molecule has 1 saturated carbocycles. The molecule has 1 aliphatic rings. The van der Waals surface area contributed by atoms with E-state index in [-0.39, 0.29) is 23.7 Å². The van der Waals surface area contributed by atoms with Crippen molar-refractivity contribution >= 4 is 11.9 Å². The molecule has 0 saturated heterocycles. The quantitative estimate of drug-likeness (QED) is 0.601. The molecule has 5 nitrogen and oxygen atoms in total. The van der Waals surface area contributed by atoms with Crippen LogP contribution in [0.2, 0.25) is 0 Å². The molecule has 1 amide bonds. The van der Waals surface area contributed by atoms with Gasteiger partial charge in [-0.1, -0.05) is 39.3 Å². The summed E-state index contributed by atoms with van der Waals surface area (Å²) in [7, 11) is 0. The third-order valence-corrected chi connectivity index (χ3v) is 4.71. The average Bonchev–Trinajstić information content (AvgIpc) is 2.85. The predicted molar refractivity (Wildman–Crippen MR) is 85.3 cm³/mol. The number of rotatable bonds is 8. The van der Waals surface area contributed by atoms with Gasteiger partial charge in [-0.2, -0.15) is 0 Å². The molecule has 0 heterocycles. The van der Waals surface area contributed by atoms with Crippen molar-refractivity contribution in [3.63, 3.8) is 0 Å². The van der Waals surface area contributed by atoms with Crippen molar-refractivity contribution in [3.8, 4) is 0 Å². The topological polar surface area (TPSA) is 86.6 Å². The SMILES string of the molecule is CCC=CC[C@H]1[C@@H](C(=O)N[C@H](C(=O)O)[C@@H](C)CC)CC[C@@H]1O. The van der Waals surface area contributed by atoms with Crippen LogP contribution in [0.1, 0.15) is 52.9 Å². The summed E-state index contributed by atoms with van der Waals surface area (Å²) in [6.07, 6.45) is 7.04. The van der Waals surface area contributed by atoms with E-state index in [0.717, 1.165) is 6.42 Å². The molecule has 0 spiro atoms. The second kappa shape index (κ2) is 8.93. The second-order valence-electron chi connectivity index (χ2n) is 6.24. The van der Waals surface area contributed by atoms with E-state index in [1.807, 2.05) is 32.9 Å². The maximum absolute atomic E-state index is 12.5. The summed E-state index contributed by atoms with van der Waals surface area (Å²) in [4.78, 5) is 23.8. The summed E-state index contributed by atoms with van der Waals surface area (Å²) >= 11 is 0. The number of carboxylic acid groups (broad SMARTS) is 1. The number of aliphatic carboxylic acids is 1. The van der Waals surface area contributed by atoms with E-state index in [0.29, 0.717) is 25.7 Å². The fraction of sp³-hybridized carbons (Fsp3) is 0.765. The first-order chi connectivity index (χ1) is 10.4. The van der Waals surface area contributed by atoms with Gasteiger partial charge in [-0.3, -0.25) is 4.79 Å². The van der Waals surface area contributed by atoms with Crippen molar-refractivity contribution in [2.75, 3.05) is 0 Å². The van der Waals surface area contributed by atoms with E-state index in [1.54, 1.807) is 0 Å². The molecule has 0 aliphatic heterocycles. The first-order valence-corrected chi connectivity index (χ1v) is 8.28. The van der Waals surface area contributed by atoms with E-state index in [9.17, 15) is 19.8 Å². The van der Waals surface area contributed by atoms with Gasteiger partial charge in [-0.25, -0.2) is 4.79 Å². The van der Waals surface area contributed by atoms with Crippen LogP contribution >= 0.6 is 0 Å². The lowest BCUT2D eigenvalue weighted by molar-refractivity contribution is -0.144. The second-order valence-corrected chi connectivity index (χ2v) is 6.24. The van der Waals surface area contributed by atoms with Crippen molar-refractivity contribution < 1.29 is 19.8 Å². The Labute approximate surface area is 132 Å². The highest BCUT2D eigenvalue weighted by atomic mass is 16.4. The Hall–Kier alpha value is -1.36. The number of amides is 1. The average molecular weight is 311 g/mol. The van der Waals surface area contributed by atoms with Gasteiger partial charge in [0, 0.05) is 5.92 Å². The zero-order chi connectivity index (χ0) is 16.7. The number of carboxylic acids is 1. The monoisotopic (exact) mass is 311 g/mol. The van der Waals surface area contributed by atoms with Crippen molar-refractivity contribution in [2.45, 2.75) is 65.0 Å². The van der Waals surface area contributed by atoms with Crippen LogP contribution in [0.5, 0.6) is 0 Å². The van der Waals surface area contributed by atoms with Crippen LogP contribution < -0.4 is 5.32 Å². The molecule has 0 radical (unpaired) electrons. The third kappa shape index (κ3) is 4.83. The maximum Gasteiger partial charge on any atom is 0.326 e. The first-order valence-electron chi connectivity index (χ1n) is 8.28. The molecule has 22 heavy (non-hydrogen) atoms. The van der Waals surface area contributed by atoms with Gasteiger partial charge in [0.05, 0.1) is 6.10 Å². The van der Waals surface area contributed by atoms with Gasteiger partial charge in [-0.15, -0.1) is 0 Å². The van der Waals surface area contributed by atoms with Crippen LogP contribution in [0.15, 0.2) is 12.2 Å². The number of hydrogen-bond acceptors (Lipinski definition) is 3. The molecule has 3 N–H and O–H groups in total. The normalized spacial score (nSPS) is 27.7. The summed E-state index contributed by atoms with van der Waals surface area (Å²) < 4.78 is 0. The summed E-state index contributed by atoms with van der Waals surface area (Å²) in [6.45, 7) is 5.77. The number of allylic oxidation sites excluding steroid dienone is 2. The molecular weight excluding hydrogens is 282 g/mol. The summed E-state index contributed by atoms with van der Waals surface area (Å²) in [5.41, 5.74) is 0. The summed E-state index contributed by atoms with van der Waals surface area (Å²) in [5, 5.41) is 22.0. The van der Waals surface area contributed by atoms with Gasteiger partial charge in [0.1, 0.15) is 6.04 Å². The van der Waals surface area contributed by atoms with Crippen LogP contribution in [-0.2, 0) is 9.59 Å². The lowest BCUT2D eigenvalue weighted by Crippen LogP contribution is -2.48. The Balaban J connectivity index is 2.73. The Bertz CT molecular complexity index is 407. The maximum atomic E-state index is 12.5. The highest BCUT2D eigenvalue weighted by Gasteiger charge is 2.40. The fourth-order valence-electron chi connectivity index (χ4n) is 3.06. The van der Waals surface area contributed by atoms with Crippen LogP contribution in [0.3, 0.4) is 0 Å². The standard InChI is InChI=1S/C17H29NO4/c1-4-6-7-8-12-13(9-10-14(12)19)16(20)18-15(17(21)22)11(3)5-2/h6-7,11-15,19H,4-5,8-10H2,1-3H3,(H,18,20)(H,21,22)/t11-,12-,13-,14-,15-/m0/s1. The van der Waals surface area contributed by atoms with E-state index >= 15 is 0 Å². The van der Waals surface area contributed by atoms with Crippen molar-refractivity contribution in [1.29, 1.82) is 0 Å². The molecule has 1 rings (SSSR count). The van der Waals surface area contributed by atoms with E-state index in [1.165, 1.54) is 0 Å². The Morgan fingerprint density at radius 3 is 2.50 bits per heavy atom.